The number of fused-ring (bicyclic) bond motifs is 1. The van der Waals surface area contributed by atoms with E-state index in [1.807, 2.05) is 43.3 Å². The zero-order valence-corrected chi connectivity index (χ0v) is 15.9. The Bertz CT molecular complexity index is 892. The summed E-state index contributed by atoms with van der Waals surface area (Å²) in [5, 5.41) is 0. The number of sulfonamides is 1. The van der Waals surface area contributed by atoms with E-state index in [4.69, 9.17) is 0 Å². The molecule has 138 valence electrons. The lowest BCUT2D eigenvalue weighted by molar-refractivity contribution is -0.121. The number of rotatable bonds is 5. The molecule has 2 aromatic carbocycles. The second-order valence-corrected chi connectivity index (χ2v) is 8.64. The highest BCUT2D eigenvalue weighted by Crippen LogP contribution is 2.28. The molecule has 0 bridgehead atoms. The minimum atomic E-state index is -3.61. The number of carbonyl (C=O) groups excluding carboxylic acids is 1. The SMILES string of the molecule is Cc1ccc(NS(=O)(=O)CC(C)C(=O)N2CCCc3ccccc32)cc1. The average molecular weight is 372 g/mol. The van der Waals surface area contributed by atoms with Gasteiger partial charge in [-0.15, -0.1) is 0 Å². The van der Waals surface area contributed by atoms with E-state index >= 15 is 0 Å². The van der Waals surface area contributed by atoms with Gasteiger partial charge in [-0.2, -0.15) is 0 Å². The van der Waals surface area contributed by atoms with E-state index in [-0.39, 0.29) is 11.7 Å². The summed E-state index contributed by atoms with van der Waals surface area (Å²) < 4.78 is 27.4. The topological polar surface area (TPSA) is 66.5 Å². The summed E-state index contributed by atoms with van der Waals surface area (Å²) in [6.07, 6.45) is 1.84. The third kappa shape index (κ3) is 4.25. The van der Waals surface area contributed by atoms with E-state index in [9.17, 15) is 13.2 Å². The van der Waals surface area contributed by atoms with Gasteiger partial charge in [-0.05, 0) is 43.5 Å². The van der Waals surface area contributed by atoms with Crippen molar-refractivity contribution in [3.8, 4) is 0 Å². The molecule has 0 saturated heterocycles. The van der Waals surface area contributed by atoms with Gasteiger partial charge in [-0.25, -0.2) is 8.42 Å². The Balaban J connectivity index is 1.70. The van der Waals surface area contributed by atoms with Crippen molar-refractivity contribution in [1.29, 1.82) is 0 Å². The summed E-state index contributed by atoms with van der Waals surface area (Å²) in [4.78, 5) is 14.6. The first-order chi connectivity index (χ1) is 12.4. The molecule has 2 aromatic rings. The van der Waals surface area contributed by atoms with Crippen molar-refractivity contribution in [2.24, 2.45) is 5.92 Å². The Kier molecular flexibility index (Phi) is 5.32. The van der Waals surface area contributed by atoms with Crippen LogP contribution in [0.2, 0.25) is 0 Å². The van der Waals surface area contributed by atoms with Gasteiger partial charge < -0.3 is 4.90 Å². The van der Waals surface area contributed by atoms with E-state index in [2.05, 4.69) is 4.72 Å². The fourth-order valence-electron chi connectivity index (χ4n) is 3.27. The molecule has 1 unspecified atom stereocenters. The third-order valence-electron chi connectivity index (χ3n) is 4.59. The largest absolute Gasteiger partial charge is 0.312 e. The van der Waals surface area contributed by atoms with Crippen LogP contribution in [0.15, 0.2) is 48.5 Å². The van der Waals surface area contributed by atoms with Crippen LogP contribution in [0.5, 0.6) is 0 Å². The van der Waals surface area contributed by atoms with E-state index < -0.39 is 15.9 Å². The Hall–Kier alpha value is -2.34. The standard InChI is InChI=1S/C20H24N2O3S/c1-15-9-11-18(12-10-15)21-26(24,25)14-16(2)20(23)22-13-5-7-17-6-3-4-8-19(17)22/h3-4,6,8-12,16,21H,5,7,13-14H2,1-2H3. The second-order valence-electron chi connectivity index (χ2n) is 6.87. The number of carbonyl (C=O) groups is 1. The predicted molar refractivity (Wildman–Crippen MR) is 105 cm³/mol. The molecule has 6 heteroatoms. The molecule has 1 heterocycles. The summed E-state index contributed by atoms with van der Waals surface area (Å²) in [5.74, 6) is -1.01. The molecule has 0 fully saturated rings. The lowest BCUT2D eigenvalue weighted by Gasteiger charge is -2.31. The fourth-order valence-corrected chi connectivity index (χ4v) is 4.65. The number of anilines is 2. The number of aryl methyl sites for hydroxylation is 2. The molecule has 1 aliphatic rings. The molecule has 1 N–H and O–H groups in total. The molecule has 0 radical (unpaired) electrons. The molecular weight excluding hydrogens is 348 g/mol. The summed E-state index contributed by atoms with van der Waals surface area (Å²) in [7, 11) is -3.61. The molecule has 1 amide bonds. The van der Waals surface area contributed by atoms with Crippen molar-refractivity contribution >= 4 is 27.3 Å². The number of hydrogen-bond donors (Lipinski definition) is 1. The molecule has 0 aromatic heterocycles. The van der Waals surface area contributed by atoms with Crippen molar-refractivity contribution in [3.63, 3.8) is 0 Å². The van der Waals surface area contributed by atoms with Gasteiger partial charge in [0.2, 0.25) is 15.9 Å². The maximum Gasteiger partial charge on any atom is 0.233 e. The number of hydrogen-bond acceptors (Lipinski definition) is 3. The van der Waals surface area contributed by atoms with Crippen molar-refractivity contribution in [1.82, 2.24) is 0 Å². The van der Waals surface area contributed by atoms with Crippen molar-refractivity contribution < 1.29 is 13.2 Å². The van der Waals surface area contributed by atoms with E-state index in [1.54, 1.807) is 24.0 Å². The van der Waals surface area contributed by atoms with Gasteiger partial charge in [0.1, 0.15) is 0 Å². The van der Waals surface area contributed by atoms with Crippen LogP contribution < -0.4 is 9.62 Å². The van der Waals surface area contributed by atoms with Gasteiger partial charge in [-0.3, -0.25) is 9.52 Å². The highest BCUT2D eigenvalue weighted by Gasteiger charge is 2.29. The van der Waals surface area contributed by atoms with Crippen LogP contribution in [0.3, 0.4) is 0 Å². The minimum absolute atomic E-state index is 0.147. The van der Waals surface area contributed by atoms with Gasteiger partial charge in [-0.1, -0.05) is 42.8 Å². The molecule has 1 atom stereocenters. The van der Waals surface area contributed by atoms with E-state index in [0.29, 0.717) is 12.2 Å². The third-order valence-corrected chi connectivity index (χ3v) is 6.08. The minimum Gasteiger partial charge on any atom is -0.312 e. The first kappa shape index (κ1) is 18.5. The zero-order valence-electron chi connectivity index (χ0n) is 15.1. The van der Waals surface area contributed by atoms with Gasteiger partial charge in [0, 0.05) is 17.9 Å². The summed E-state index contributed by atoms with van der Waals surface area (Å²) in [6, 6.07) is 15.0. The fraction of sp³-hybridized carbons (Fsp3) is 0.350. The predicted octanol–water partition coefficient (Wildman–Crippen LogP) is 3.35. The van der Waals surface area contributed by atoms with Crippen molar-refractivity contribution in [2.45, 2.75) is 26.7 Å². The molecule has 0 aliphatic carbocycles. The van der Waals surface area contributed by atoms with Crippen molar-refractivity contribution in [3.05, 3.63) is 59.7 Å². The first-order valence-electron chi connectivity index (χ1n) is 8.82. The first-order valence-corrected chi connectivity index (χ1v) is 10.5. The maximum atomic E-state index is 12.9. The second kappa shape index (κ2) is 7.50. The normalized spacial score (nSPS) is 15.2. The van der Waals surface area contributed by atoms with Gasteiger partial charge in [0.25, 0.3) is 0 Å². The van der Waals surface area contributed by atoms with Crippen molar-refractivity contribution in [2.75, 3.05) is 21.9 Å². The van der Waals surface area contributed by atoms with Crippen LogP contribution in [0.4, 0.5) is 11.4 Å². The Morgan fingerprint density at radius 2 is 1.85 bits per heavy atom. The van der Waals surface area contributed by atoms with Crippen LogP contribution >= 0.6 is 0 Å². The molecule has 1 aliphatic heterocycles. The number of para-hydroxylation sites is 1. The summed E-state index contributed by atoms with van der Waals surface area (Å²) in [5.41, 5.74) is 3.61. The number of nitrogens with one attached hydrogen (secondary N) is 1. The van der Waals surface area contributed by atoms with Crippen LogP contribution in [0, 0.1) is 12.8 Å². The van der Waals surface area contributed by atoms with E-state index in [0.717, 1.165) is 29.7 Å². The van der Waals surface area contributed by atoms with Gasteiger partial charge in [0.05, 0.1) is 11.7 Å². The Labute approximate surface area is 155 Å². The molecule has 3 rings (SSSR count). The molecule has 26 heavy (non-hydrogen) atoms. The zero-order chi connectivity index (χ0) is 18.7. The van der Waals surface area contributed by atoms with Crippen LogP contribution in [0.1, 0.15) is 24.5 Å². The molecular formula is C20H24N2O3S. The molecule has 0 saturated carbocycles. The monoisotopic (exact) mass is 372 g/mol. The number of nitrogens with zero attached hydrogens (tertiary/aromatic N) is 1. The van der Waals surface area contributed by atoms with Gasteiger partial charge >= 0.3 is 0 Å². The molecule has 5 nitrogen and oxygen atoms in total. The van der Waals surface area contributed by atoms with Crippen LogP contribution in [-0.4, -0.2) is 26.6 Å². The van der Waals surface area contributed by atoms with Crippen LogP contribution in [-0.2, 0) is 21.2 Å². The highest BCUT2D eigenvalue weighted by molar-refractivity contribution is 7.92. The Morgan fingerprint density at radius 3 is 2.58 bits per heavy atom. The Morgan fingerprint density at radius 1 is 1.15 bits per heavy atom. The summed E-state index contributed by atoms with van der Waals surface area (Å²) in [6.45, 7) is 4.25. The molecule has 0 spiro atoms. The lowest BCUT2D eigenvalue weighted by atomic mass is 10.0. The lowest BCUT2D eigenvalue weighted by Crippen LogP contribution is -2.41. The summed E-state index contributed by atoms with van der Waals surface area (Å²) >= 11 is 0. The quantitative estimate of drug-likeness (QED) is 0.875. The smallest absolute Gasteiger partial charge is 0.233 e. The van der Waals surface area contributed by atoms with Crippen LogP contribution in [0.25, 0.3) is 0 Å². The average Bonchev–Trinajstić information content (AvgIpc) is 2.62. The number of benzene rings is 2. The van der Waals surface area contributed by atoms with E-state index in [1.165, 1.54) is 0 Å². The van der Waals surface area contributed by atoms with Gasteiger partial charge in [0.15, 0.2) is 0 Å². The maximum absolute atomic E-state index is 12.9. The number of amides is 1. The highest BCUT2D eigenvalue weighted by atomic mass is 32.2.